The highest BCUT2D eigenvalue weighted by molar-refractivity contribution is 5.95. The van der Waals surface area contributed by atoms with Gasteiger partial charge in [0.25, 0.3) is 0 Å². The molecule has 0 fully saturated rings. The molecule has 78 valence electrons. The van der Waals surface area contributed by atoms with Gasteiger partial charge in [-0.25, -0.2) is 0 Å². The van der Waals surface area contributed by atoms with E-state index in [0.717, 1.165) is 12.0 Å². The molecule has 0 aliphatic rings. The summed E-state index contributed by atoms with van der Waals surface area (Å²) in [5.74, 6) is 0.227. The fourth-order valence-corrected chi connectivity index (χ4v) is 1.17. The van der Waals surface area contributed by atoms with E-state index in [4.69, 9.17) is 0 Å². The van der Waals surface area contributed by atoms with Crippen molar-refractivity contribution < 1.29 is 4.79 Å². The van der Waals surface area contributed by atoms with Crippen molar-refractivity contribution >= 4 is 5.78 Å². The topological polar surface area (TPSA) is 17.1 Å². The van der Waals surface area contributed by atoms with Crippen LogP contribution >= 0.6 is 0 Å². The number of ketones is 1. The van der Waals surface area contributed by atoms with Crippen LogP contribution in [0.2, 0.25) is 0 Å². The molecule has 0 aliphatic heterocycles. The molecule has 0 radical (unpaired) electrons. The summed E-state index contributed by atoms with van der Waals surface area (Å²) >= 11 is 0. The molecule has 0 saturated heterocycles. The molecule has 0 N–H and O–H groups in total. The highest BCUT2D eigenvalue weighted by atomic mass is 16.1. The molecule has 0 bridgehead atoms. The van der Waals surface area contributed by atoms with Gasteiger partial charge in [-0.3, -0.25) is 4.79 Å². The van der Waals surface area contributed by atoms with Gasteiger partial charge in [-0.2, -0.15) is 0 Å². The van der Waals surface area contributed by atoms with Crippen LogP contribution in [-0.2, 0) is 6.42 Å². The van der Waals surface area contributed by atoms with Crippen molar-refractivity contribution in [1.82, 2.24) is 0 Å². The van der Waals surface area contributed by atoms with Gasteiger partial charge in [0, 0.05) is 12.0 Å². The Kier molecular flexibility index (Phi) is 6.73. The van der Waals surface area contributed by atoms with Crippen LogP contribution in [0.25, 0.3) is 0 Å². The molecular weight excluding hydrogens is 172 g/mol. The summed E-state index contributed by atoms with van der Waals surface area (Å²) in [6.45, 7) is 7.98. The van der Waals surface area contributed by atoms with E-state index in [9.17, 15) is 4.79 Å². The van der Waals surface area contributed by atoms with Gasteiger partial charge in [0.15, 0.2) is 5.78 Å². The maximum Gasteiger partial charge on any atom is 0.162 e. The third kappa shape index (κ3) is 3.73. The van der Waals surface area contributed by atoms with Gasteiger partial charge in [0.05, 0.1) is 0 Å². The van der Waals surface area contributed by atoms with E-state index in [2.05, 4.69) is 6.92 Å². The average molecular weight is 192 g/mol. The molecule has 1 nitrogen and oxygen atoms in total. The first kappa shape index (κ1) is 12.9. The monoisotopic (exact) mass is 192 g/mol. The number of benzene rings is 1. The van der Waals surface area contributed by atoms with Crippen molar-refractivity contribution in [2.24, 2.45) is 0 Å². The van der Waals surface area contributed by atoms with Crippen molar-refractivity contribution in [1.29, 1.82) is 0 Å². The van der Waals surface area contributed by atoms with E-state index in [-0.39, 0.29) is 5.78 Å². The summed E-state index contributed by atoms with van der Waals surface area (Å²) in [4.78, 5) is 11.3. The molecule has 0 atom stereocenters. The number of carbonyl (C=O) groups excluding carboxylic acids is 1. The minimum absolute atomic E-state index is 0.227. The fraction of sp³-hybridized carbons (Fsp3) is 0.462. The second kappa shape index (κ2) is 7.31. The first-order valence-corrected chi connectivity index (χ1v) is 5.40. The number of carbonyl (C=O) groups is 1. The first-order valence-electron chi connectivity index (χ1n) is 5.40. The van der Waals surface area contributed by atoms with E-state index in [1.54, 1.807) is 0 Å². The predicted molar refractivity (Wildman–Crippen MR) is 61.8 cm³/mol. The maximum atomic E-state index is 11.3. The maximum absolute atomic E-state index is 11.3. The lowest BCUT2D eigenvalue weighted by molar-refractivity contribution is 0.0988. The Balaban J connectivity index is 0.000000791. The number of hydrogen-bond donors (Lipinski definition) is 0. The summed E-state index contributed by atoms with van der Waals surface area (Å²) in [6, 6.07) is 7.85. The zero-order chi connectivity index (χ0) is 11.0. The molecule has 0 heterocycles. The third-order valence-corrected chi connectivity index (χ3v) is 1.98. The van der Waals surface area contributed by atoms with Crippen molar-refractivity contribution in [2.45, 2.75) is 40.5 Å². The Labute approximate surface area is 87.2 Å². The quantitative estimate of drug-likeness (QED) is 0.664. The zero-order valence-electron chi connectivity index (χ0n) is 9.63. The average Bonchev–Trinajstić information content (AvgIpc) is 2.30. The lowest BCUT2D eigenvalue weighted by atomic mass is 10.0. The summed E-state index contributed by atoms with van der Waals surface area (Å²) in [5, 5.41) is 0. The largest absolute Gasteiger partial charge is 0.294 e. The summed E-state index contributed by atoms with van der Waals surface area (Å²) in [6.07, 6.45) is 1.58. The number of aryl methyl sites for hydroxylation is 1. The van der Waals surface area contributed by atoms with Crippen molar-refractivity contribution in [3.8, 4) is 0 Å². The van der Waals surface area contributed by atoms with Crippen LogP contribution in [-0.4, -0.2) is 5.78 Å². The van der Waals surface area contributed by atoms with Gasteiger partial charge in [0.1, 0.15) is 0 Å². The summed E-state index contributed by atoms with van der Waals surface area (Å²) < 4.78 is 0. The van der Waals surface area contributed by atoms with E-state index in [1.807, 2.05) is 45.0 Å². The lowest BCUT2D eigenvalue weighted by Gasteiger charge is -2.00. The molecule has 0 unspecified atom stereocenters. The Hall–Kier alpha value is -1.11. The van der Waals surface area contributed by atoms with Crippen LogP contribution in [0.3, 0.4) is 0 Å². The lowest BCUT2D eigenvalue weighted by Crippen LogP contribution is -1.96. The smallest absolute Gasteiger partial charge is 0.162 e. The van der Waals surface area contributed by atoms with Gasteiger partial charge in [-0.05, 0) is 18.1 Å². The molecule has 0 aliphatic carbocycles. The molecule has 1 heteroatoms. The molecule has 0 amide bonds. The van der Waals surface area contributed by atoms with Crippen LogP contribution in [0.5, 0.6) is 0 Å². The molecule has 1 aromatic carbocycles. The first-order chi connectivity index (χ1) is 6.77. The van der Waals surface area contributed by atoms with Crippen LogP contribution in [0.1, 0.15) is 50.0 Å². The molecule has 0 aromatic heterocycles. The van der Waals surface area contributed by atoms with E-state index in [1.165, 1.54) is 5.56 Å². The second-order valence-corrected chi connectivity index (χ2v) is 2.83. The summed E-state index contributed by atoms with van der Waals surface area (Å²) in [7, 11) is 0. The van der Waals surface area contributed by atoms with Gasteiger partial charge in [-0.1, -0.05) is 45.9 Å². The highest BCUT2D eigenvalue weighted by Gasteiger charge is 2.01. The van der Waals surface area contributed by atoms with E-state index >= 15 is 0 Å². The minimum atomic E-state index is 0.227. The highest BCUT2D eigenvalue weighted by Crippen LogP contribution is 2.07. The van der Waals surface area contributed by atoms with Crippen LogP contribution in [0.15, 0.2) is 24.3 Å². The fourth-order valence-electron chi connectivity index (χ4n) is 1.17. The Bertz CT molecular complexity index is 276. The number of Topliss-reactive ketones (excluding diaryl/α,β-unsaturated/α-hetero) is 1. The standard InChI is InChI=1S/C11H14O.C2H6/c1-3-9-6-5-7-10(8-9)11(12)4-2;1-2/h5-8H,3-4H2,1-2H3;1-2H3. The predicted octanol–water partition coefficient (Wildman–Crippen LogP) is 3.87. The molecule has 14 heavy (non-hydrogen) atoms. The number of rotatable bonds is 3. The van der Waals surface area contributed by atoms with Gasteiger partial charge in [0.2, 0.25) is 0 Å². The Morgan fingerprint density at radius 1 is 1.21 bits per heavy atom. The van der Waals surface area contributed by atoms with E-state index < -0.39 is 0 Å². The zero-order valence-corrected chi connectivity index (χ0v) is 9.63. The van der Waals surface area contributed by atoms with Crippen LogP contribution in [0, 0.1) is 0 Å². The second-order valence-electron chi connectivity index (χ2n) is 2.83. The van der Waals surface area contributed by atoms with Gasteiger partial charge < -0.3 is 0 Å². The molecule has 1 aromatic rings. The van der Waals surface area contributed by atoms with Crippen molar-refractivity contribution in [2.75, 3.05) is 0 Å². The molecule has 0 spiro atoms. The molecular formula is C13H20O. The minimum Gasteiger partial charge on any atom is -0.294 e. The van der Waals surface area contributed by atoms with Gasteiger partial charge >= 0.3 is 0 Å². The molecule has 0 saturated carbocycles. The summed E-state index contributed by atoms with van der Waals surface area (Å²) in [5.41, 5.74) is 2.08. The van der Waals surface area contributed by atoms with Crippen molar-refractivity contribution in [3.63, 3.8) is 0 Å². The SMILES string of the molecule is CC.CCC(=O)c1cccc(CC)c1. The van der Waals surface area contributed by atoms with Gasteiger partial charge in [-0.15, -0.1) is 0 Å². The van der Waals surface area contributed by atoms with E-state index in [0.29, 0.717) is 6.42 Å². The van der Waals surface area contributed by atoms with Crippen molar-refractivity contribution in [3.05, 3.63) is 35.4 Å². The van der Waals surface area contributed by atoms with Crippen LogP contribution < -0.4 is 0 Å². The third-order valence-electron chi connectivity index (χ3n) is 1.98. The Morgan fingerprint density at radius 2 is 1.86 bits per heavy atom. The normalized spacial score (nSPS) is 8.86. The molecule has 1 rings (SSSR count). The Morgan fingerprint density at radius 3 is 2.36 bits per heavy atom. The number of hydrogen-bond acceptors (Lipinski definition) is 1. The van der Waals surface area contributed by atoms with Crippen LogP contribution in [0.4, 0.5) is 0 Å².